The van der Waals surface area contributed by atoms with Crippen molar-refractivity contribution < 1.29 is 8.42 Å². The molecule has 1 aromatic heterocycles. The maximum absolute atomic E-state index is 12.0. The average Bonchev–Trinajstić information content (AvgIpc) is 2.16. The van der Waals surface area contributed by atoms with Crippen molar-refractivity contribution in [1.82, 2.24) is 9.71 Å². The smallest absolute Gasteiger partial charge is 0.243 e. The molecular formula is C10H15ClN2O2S. The van der Waals surface area contributed by atoms with Gasteiger partial charge in [0.25, 0.3) is 0 Å². The minimum Gasteiger partial charge on any atom is -0.243 e. The Morgan fingerprint density at radius 1 is 1.50 bits per heavy atom. The first-order valence-electron chi connectivity index (χ1n) is 4.93. The Kier molecular flexibility index (Phi) is 3.93. The number of halogens is 1. The van der Waals surface area contributed by atoms with Gasteiger partial charge in [0.1, 0.15) is 10.0 Å². The predicted octanol–water partition coefficient (Wildman–Crippen LogP) is 2.20. The maximum Gasteiger partial charge on any atom is 0.244 e. The van der Waals surface area contributed by atoms with E-state index in [4.69, 9.17) is 11.6 Å². The number of sulfonamides is 1. The number of pyridine rings is 1. The highest BCUT2D eigenvalue weighted by Gasteiger charge is 2.26. The van der Waals surface area contributed by atoms with Gasteiger partial charge in [0.2, 0.25) is 10.0 Å². The summed E-state index contributed by atoms with van der Waals surface area (Å²) in [5, 5.41) is -0.0121. The second-order valence-electron chi connectivity index (χ2n) is 4.14. The Labute approximate surface area is 101 Å². The van der Waals surface area contributed by atoms with Gasteiger partial charge in [0.05, 0.1) is 0 Å². The third kappa shape index (κ3) is 3.17. The first-order chi connectivity index (χ1) is 7.28. The monoisotopic (exact) mass is 262 g/mol. The molecule has 0 atom stereocenters. The molecule has 1 aromatic rings. The van der Waals surface area contributed by atoms with E-state index < -0.39 is 15.6 Å². The Morgan fingerprint density at radius 2 is 2.12 bits per heavy atom. The summed E-state index contributed by atoms with van der Waals surface area (Å²) in [6.07, 6.45) is 2.14. The Bertz CT molecular complexity index is 471. The van der Waals surface area contributed by atoms with Crippen LogP contribution in [0.5, 0.6) is 0 Å². The molecule has 1 heterocycles. The normalized spacial score (nSPS) is 12.8. The van der Waals surface area contributed by atoms with E-state index in [1.165, 1.54) is 12.3 Å². The quantitative estimate of drug-likeness (QED) is 0.847. The SMILES string of the molecule is CCC(C)(C)NS(=O)(=O)c1cccnc1Cl. The van der Waals surface area contributed by atoms with E-state index >= 15 is 0 Å². The highest BCUT2D eigenvalue weighted by atomic mass is 35.5. The number of hydrogen-bond donors (Lipinski definition) is 1. The van der Waals surface area contributed by atoms with Crippen LogP contribution >= 0.6 is 11.6 Å². The van der Waals surface area contributed by atoms with E-state index in [1.807, 2.05) is 20.8 Å². The lowest BCUT2D eigenvalue weighted by Crippen LogP contribution is -2.42. The van der Waals surface area contributed by atoms with Crippen LogP contribution in [0.3, 0.4) is 0 Å². The minimum atomic E-state index is -3.61. The molecule has 0 unspecified atom stereocenters. The second kappa shape index (κ2) is 4.69. The van der Waals surface area contributed by atoms with Crippen LogP contribution in [0.4, 0.5) is 0 Å². The fourth-order valence-corrected chi connectivity index (χ4v) is 3.00. The van der Waals surface area contributed by atoms with Gasteiger partial charge in [-0.3, -0.25) is 0 Å². The fraction of sp³-hybridized carbons (Fsp3) is 0.500. The molecule has 0 spiro atoms. The van der Waals surface area contributed by atoms with E-state index in [-0.39, 0.29) is 10.0 Å². The van der Waals surface area contributed by atoms with Gasteiger partial charge in [-0.25, -0.2) is 18.1 Å². The maximum atomic E-state index is 12.0. The van der Waals surface area contributed by atoms with Crippen molar-refractivity contribution in [3.63, 3.8) is 0 Å². The van der Waals surface area contributed by atoms with Crippen molar-refractivity contribution in [2.45, 2.75) is 37.6 Å². The molecule has 4 nitrogen and oxygen atoms in total. The minimum absolute atomic E-state index is 0.0121. The van der Waals surface area contributed by atoms with E-state index in [0.717, 1.165) is 0 Å². The van der Waals surface area contributed by atoms with Gasteiger partial charge in [0, 0.05) is 11.7 Å². The molecule has 0 saturated heterocycles. The average molecular weight is 263 g/mol. The summed E-state index contributed by atoms with van der Waals surface area (Å²) in [6.45, 7) is 5.54. The first-order valence-corrected chi connectivity index (χ1v) is 6.79. The van der Waals surface area contributed by atoms with Crippen LogP contribution in [-0.4, -0.2) is 18.9 Å². The third-order valence-corrected chi connectivity index (χ3v) is 4.45. The van der Waals surface area contributed by atoms with Crippen LogP contribution in [0.1, 0.15) is 27.2 Å². The zero-order chi connectivity index (χ0) is 12.4. The van der Waals surface area contributed by atoms with Crippen LogP contribution < -0.4 is 4.72 Å². The highest BCUT2D eigenvalue weighted by molar-refractivity contribution is 7.89. The standard InChI is InChI=1S/C10H15ClN2O2S/c1-4-10(2,3)13-16(14,15)8-6-5-7-12-9(8)11/h5-7,13H,4H2,1-3H3. The second-order valence-corrected chi connectivity index (χ2v) is 6.14. The molecule has 1 N–H and O–H groups in total. The summed E-state index contributed by atoms with van der Waals surface area (Å²) in [4.78, 5) is 3.76. The molecule has 90 valence electrons. The van der Waals surface area contributed by atoms with Crippen molar-refractivity contribution in [1.29, 1.82) is 0 Å². The lowest BCUT2D eigenvalue weighted by molar-refractivity contribution is 0.439. The molecule has 0 amide bonds. The summed E-state index contributed by atoms with van der Waals surface area (Å²) in [5.41, 5.74) is -0.502. The number of aromatic nitrogens is 1. The molecular weight excluding hydrogens is 248 g/mol. The Hall–Kier alpha value is -0.650. The third-order valence-electron chi connectivity index (χ3n) is 2.31. The van der Waals surface area contributed by atoms with E-state index in [2.05, 4.69) is 9.71 Å². The lowest BCUT2D eigenvalue weighted by atomic mass is 10.0. The van der Waals surface area contributed by atoms with Gasteiger partial charge in [-0.1, -0.05) is 18.5 Å². The van der Waals surface area contributed by atoms with Gasteiger partial charge in [-0.05, 0) is 32.4 Å². The van der Waals surface area contributed by atoms with Crippen molar-refractivity contribution in [2.75, 3.05) is 0 Å². The van der Waals surface area contributed by atoms with Gasteiger partial charge < -0.3 is 0 Å². The van der Waals surface area contributed by atoms with E-state index in [1.54, 1.807) is 6.07 Å². The molecule has 0 aromatic carbocycles. The molecule has 0 aliphatic carbocycles. The van der Waals surface area contributed by atoms with Crippen molar-refractivity contribution in [3.05, 3.63) is 23.5 Å². The van der Waals surface area contributed by atoms with Gasteiger partial charge in [-0.15, -0.1) is 0 Å². The Balaban J connectivity index is 3.09. The summed E-state index contributed by atoms with van der Waals surface area (Å²) >= 11 is 5.75. The molecule has 0 fully saturated rings. The van der Waals surface area contributed by atoms with Gasteiger partial charge >= 0.3 is 0 Å². The number of rotatable bonds is 4. The largest absolute Gasteiger partial charge is 0.244 e. The molecule has 0 aliphatic heterocycles. The zero-order valence-corrected chi connectivity index (χ0v) is 11.1. The molecule has 6 heteroatoms. The number of nitrogens with one attached hydrogen (secondary N) is 1. The van der Waals surface area contributed by atoms with Crippen molar-refractivity contribution >= 4 is 21.6 Å². The zero-order valence-electron chi connectivity index (χ0n) is 9.49. The summed E-state index contributed by atoms with van der Waals surface area (Å²) < 4.78 is 26.6. The van der Waals surface area contributed by atoms with E-state index in [9.17, 15) is 8.42 Å². The van der Waals surface area contributed by atoms with Crippen LogP contribution in [0, 0.1) is 0 Å². The van der Waals surface area contributed by atoms with Crippen molar-refractivity contribution in [3.8, 4) is 0 Å². The fourth-order valence-electron chi connectivity index (χ4n) is 1.06. The first kappa shape index (κ1) is 13.4. The van der Waals surface area contributed by atoms with Gasteiger partial charge in [0.15, 0.2) is 0 Å². The molecule has 0 saturated carbocycles. The van der Waals surface area contributed by atoms with Crippen LogP contribution in [0.15, 0.2) is 23.2 Å². The van der Waals surface area contributed by atoms with Crippen LogP contribution in [0.25, 0.3) is 0 Å². The van der Waals surface area contributed by atoms with Gasteiger partial charge in [-0.2, -0.15) is 0 Å². The summed E-state index contributed by atoms with van der Waals surface area (Å²) in [6, 6.07) is 2.97. The number of hydrogen-bond acceptors (Lipinski definition) is 3. The molecule has 1 rings (SSSR count). The molecule has 0 radical (unpaired) electrons. The predicted molar refractivity (Wildman–Crippen MR) is 63.9 cm³/mol. The van der Waals surface area contributed by atoms with Crippen LogP contribution in [-0.2, 0) is 10.0 Å². The molecule has 0 bridgehead atoms. The summed E-state index contributed by atoms with van der Waals surface area (Å²) in [7, 11) is -3.61. The lowest BCUT2D eigenvalue weighted by Gasteiger charge is -2.24. The highest BCUT2D eigenvalue weighted by Crippen LogP contribution is 2.20. The Morgan fingerprint density at radius 3 is 2.62 bits per heavy atom. The topological polar surface area (TPSA) is 59.1 Å². The van der Waals surface area contributed by atoms with Crippen LogP contribution in [0.2, 0.25) is 5.15 Å². The molecule has 16 heavy (non-hydrogen) atoms. The summed E-state index contributed by atoms with van der Waals surface area (Å²) in [5.74, 6) is 0. The number of nitrogens with zero attached hydrogens (tertiary/aromatic N) is 1. The van der Waals surface area contributed by atoms with E-state index in [0.29, 0.717) is 6.42 Å². The van der Waals surface area contributed by atoms with Crippen molar-refractivity contribution in [2.24, 2.45) is 0 Å². The molecule has 0 aliphatic rings.